The Labute approximate surface area is 175 Å². The fourth-order valence-corrected chi connectivity index (χ4v) is 3.93. The zero-order valence-electron chi connectivity index (χ0n) is 16.8. The largest absolute Gasteiger partial charge is 0.472 e. The standard InChI is InChI=1S/C22H26N4O4/c27-20-2-1-10-26(20)14-16-3-5-18(6-4-16)23-22(29)24-19-7-11-25(12-8-19)21(28)17-9-13-30-15-17/h3-6,9,13,15,19H,1-2,7-8,10-12,14H2,(H2,23,24,29). The lowest BCUT2D eigenvalue weighted by atomic mass is 10.0. The molecule has 0 unspecified atom stereocenters. The highest BCUT2D eigenvalue weighted by Crippen LogP contribution is 2.17. The molecule has 0 aliphatic carbocycles. The summed E-state index contributed by atoms with van der Waals surface area (Å²) in [4.78, 5) is 40.0. The first-order valence-corrected chi connectivity index (χ1v) is 10.3. The second-order valence-electron chi connectivity index (χ2n) is 7.79. The van der Waals surface area contributed by atoms with Crippen molar-refractivity contribution in [2.75, 3.05) is 25.0 Å². The molecule has 4 rings (SSSR count). The summed E-state index contributed by atoms with van der Waals surface area (Å²) < 4.78 is 4.97. The van der Waals surface area contributed by atoms with E-state index < -0.39 is 0 Å². The van der Waals surface area contributed by atoms with Gasteiger partial charge < -0.3 is 24.9 Å². The number of piperidine rings is 1. The van der Waals surface area contributed by atoms with Crippen molar-refractivity contribution in [3.8, 4) is 0 Å². The molecule has 0 saturated carbocycles. The molecule has 3 heterocycles. The van der Waals surface area contributed by atoms with Crippen molar-refractivity contribution in [3.63, 3.8) is 0 Å². The second-order valence-corrected chi connectivity index (χ2v) is 7.79. The number of benzene rings is 1. The SMILES string of the molecule is O=C(Nc1ccc(CN2CCCC2=O)cc1)NC1CCN(C(=O)c2ccoc2)CC1. The lowest BCUT2D eigenvalue weighted by Crippen LogP contribution is -2.47. The molecule has 2 aromatic rings. The van der Waals surface area contributed by atoms with Crippen molar-refractivity contribution in [1.82, 2.24) is 15.1 Å². The van der Waals surface area contributed by atoms with Crippen LogP contribution in [0.5, 0.6) is 0 Å². The van der Waals surface area contributed by atoms with Gasteiger partial charge in [-0.3, -0.25) is 9.59 Å². The second kappa shape index (κ2) is 9.02. The summed E-state index contributed by atoms with van der Waals surface area (Å²) in [7, 11) is 0. The number of carbonyl (C=O) groups is 3. The summed E-state index contributed by atoms with van der Waals surface area (Å²) in [5, 5.41) is 5.83. The molecular weight excluding hydrogens is 384 g/mol. The molecule has 0 bridgehead atoms. The maximum absolute atomic E-state index is 12.3. The molecule has 4 amide bonds. The number of amides is 4. The first-order valence-electron chi connectivity index (χ1n) is 10.3. The third kappa shape index (κ3) is 4.82. The van der Waals surface area contributed by atoms with Crippen LogP contribution in [-0.2, 0) is 11.3 Å². The van der Waals surface area contributed by atoms with E-state index in [1.165, 1.54) is 12.5 Å². The fourth-order valence-electron chi connectivity index (χ4n) is 3.93. The molecule has 2 saturated heterocycles. The molecule has 8 heteroatoms. The number of hydrogen-bond acceptors (Lipinski definition) is 4. The first kappa shape index (κ1) is 20.0. The molecule has 8 nitrogen and oxygen atoms in total. The number of nitrogens with zero attached hydrogens (tertiary/aromatic N) is 2. The van der Waals surface area contributed by atoms with E-state index in [0.717, 1.165) is 18.5 Å². The monoisotopic (exact) mass is 410 g/mol. The maximum atomic E-state index is 12.3. The smallest absolute Gasteiger partial charge is 0.319 e. The average Bonchev–Trinajstić information content (AvgIpc) is 3.42. The summed E-state index contributed by atoms with van der Waals surface area (Å²) >= 11 is 0. The Morgan fingerprint density at radius 3 is 2.47 bits per heavy atom. The van der Waals surface area contributed by atoms with Gasteiger partial charge in [-0.05, 0) is 43.0 Å². The van der Waals surface area contributed by atoms with E-state index in [9.17, 15) is 14.4 Å². The van der Waals surface area contributed by atoms with Crippen LogP contribution in [0.1, 0.15) is 41.6 Å². The van der Waals surface area contributed by atoms with E-state index >= 15 is 0 Å². The lowest BCUT2D eigenvalue weighted by Gasteiger charge is -2.32. The van der Waals surface area contributed by atoms with Gasteiger partial charge in [-0.1, -0.05) is 12.1 Å². The van der Waals surface area contributed by atoms with Crippen LogP contribution in [0.15, 0.2) is 47.3 Å². The van der Waals surface area contributed by atoms with Crippen molar-refractivity contribution < 1.29 is 18.8 Å². The molecule has 2 aliphatic rings. The van der Waals surface area contributed by atoms with Crippen molar-refractivity contribution in [2.45, 2.75) is 38.3 Å². The number of anilines is 1. The van der Waals surface area contributed by atoms with Crippen molar-refractivity contribution in [1.29, 1.82) is 0 Å². The zero-order chi connectivity index (χ0) is 20.9. The predicted octanol–water partition coefficient (Wildman–Crippen LogP) is 2.83. The molecule has 30 heavy (non-hydrogen) atoms. The summed E-state index contributed by atoms with van der Waals surface area (Å²) in [6.45, 7) is 2.62. The van der Waals surface area contributed by atoms with Crippen LogP contribution in [0.3, 0.4) is 0 Å². The molecule has 0 spiro atoms. The Bertz CT molecular complexity index is 886. The lowest BCUT2D eigenvalue weighted by molar-refractivity contribution is -0.128. The molecule has 2 N–H and O–H groups in total. The minimum absolute atomic E-state index is 0.0267. The quantitative estimate of drug-likeness (QED) is 0.792. The maximum Gasteiger partial charge on any atom is 0.319 e. The van der Waals surface area contributed by atoms with E-state index in [1.807, 2.05) is 29.2 Å². The number of likely N-dealkylation sites (tertiary alicyclic amines) is 2. The van der Waals surface area contributed by atoms with Gasteiger partial charge in [-0.15, -0.1) is 0 Å². The Hall–Kier alpha value is -3.29. The fraction of sp³-hybridized carbons (Fsp3) is 0.409. The van der Waals surface area contributed by atoms with Gasteiger partial charge in [0, 0.05) is 44.3 Å². The summed E-state index contributed by atoms with van der Waals surface area (Å²) in [6.07, 6.45) is 5.92. The Morgan fingerprint density at radius 1 is 1.07 bits per heavy atom. The van der Waals surface area contributed by atoms with Gasteiger partial charge in [-0.25, -0.2) is 4.79 Å². The number of rotatable bonds is 5. The van der Waals surface area contributed by atoms with Gasteiger partial charge in [0.2, 0.25) is 5.91 Å². The van der Waals surface area contributed by atoms with Gasteiger partial charge in [0.05, 0.1) is 11.8 Å². The van der Waals surface area contributed by atoms with E-state index in [-0.39, 0.29) is 23.9 Å². The molecule has 2 fully saturated rings. The normalized spacial score (nSPS) is 17.3. The molecule has 1 aromatic carbocycles. The minimum Gasteiger partial charge on any atom is -0.472 e. The molecule has 0 atom stereocenters. The Morgan fingerprint density at radius 2 is 1.83 bits per heavy atom. The van der Waals surface area contributed by atoms with Crippen molar-refractivity contribution in [3.05, 3.63) is 54.0 Å². The third-order valence-electron chi connectivity index (χ3n) is 5.64. The summed E-state index contributed by atoms with van der Waals surface area (Å²) in [6, 6.07) is 9.00. The highest BCUT2D eigenvalue weighted by Gasteiger charge is 2.25. The van der Waals surface area contributed by atoms with Gasteiger partial charge in [0.15, 0.2) is 0 Å². The van der Waals surface area contributed by atoms with Gasteiger partial charge in [-0.2, -0.15) is 0 Å². The van der Waals surface area contributed by atoms with E-state index in [0.29, 0.717) is 50.1 Å². The molecule has 158 valence electrons. The topological polar surface area (TPSA) is 94.9 Å². The van der Waals surface area contributed by atoms with Crippen LogP contribution >= 0.6 is 0 Å². The number of hydrogen-bond donors (Lipinski definition) is 2. The number of furan rings is 1. The minimum atomic E-state index is -0.253. The molecular formula is C22H26N4O4. The number of nitrogens with one attached hydrogen (secondary N) is 2. The average molecular weight is 410 g/mol. The van der Waals surface area contributed by atoms with Gasteiger partial charge in [0.1, 0.15) is 6.26 Å². The highest BCUT2D eigenvalue weighted by atomic mass is 16.3. The van der Waals surface area contributed by atoms with Crippen LogP contribution in [-0.4, -0.2) is 53.3 Å². The van der Waals surface area contributed by atoms with E-state index in [2.05, 4.69) is 10.6 Å². The Balaban J connectivity index is 1.21. The van der Waals surface area contributed by atoms with Gasteiger partial charge in [0.25, 0.3) is 5.91 Å². The van der Waals surface area contributed by atoms with Crippen LogP contribution < -0.4 is 10.6 Å². The van der Waals surface area contributed by atoms with E-state index in [1.54, 1.807) is 11.0 Å². The highest BCUT2D eigenvalue weighted by molar-refractivity contribution is 5.94. The Kier molecular flexibility index (Phi) is 6.02. The van der Waals surface area contributed by atoms with Crippen molar-refractivity contribution >= 4 is 23.5 Å². The first-order chi connectivity index (χ1) is 14.6. The molecule has 1 aromatic heterocycles. The van der Waals surface area contributed by atoms with Crippen LogP contribution in [0.4, 0.5) is 10.5 Å². The number of carbonyl (C=O) groups excluding carboxylic acids is 3. The predicted molar refractivity (Wildman–Crippen MR) is 111 cm³/mol. The zero-order valence-corrected chi connectivity index (χ0v) is 16.8. The van der Waals surface area contributed by atoms with Gasteiger partial charge >= 0.3 is 6.03 Å². The summed E-state index contributed by atoms with van der Waals surface area (Å²) in [5.41, 5.74) is 2.30. The van der Waals surface area contributed by atoms with Crippen LogP contribution in [0, 0.1) is 0 Å². The van der Waals surface area contributed by atoms with Crippen LogP contribution in [0.25, 0.3) is 0 Å². The molecule has 0 radical (unpaired) electrons. The number of urea groups is 1. The summed E-state index contributed by atoms with van der Waals surface area (Å²) in [5.74, 6) is 0.163. The van der Waals surface area contributed by atoms with Crippen molar-refractivity contribution in [2.24, 2.45) is 0 Å². The van der Waals surface area contributed by atoms with Crippen LogP contribution in [0.2, 0.25) is 0 Å². The molecule has 2 aliphatic heterocycles. The van der Waals surface area contributed by atoms with E-state index in [4.69, 9.17) is 4.42 Å². The third-order valence-corrected chi connectivity index (χ3v) is 5.64.